The molecular formula is C14H25B4N. The van der Waals surface area contributed by atoms with E-state index in [1.807, 2.05) is 0 Å². The third kappa shape index (κ3) is 3.65. The van der Waals surface area contributed by atoms with Crippen molar-refractivity contribution >= 4 is 31.4 Å². The Morgan fingerprint density at radius 1 is 1.16 bits per heavy atom. The Bertz CT molecular complexity index is 285. The normalized spacial score (nSPS) is 30.3. The highest BCUT2D eigenvalue weighted by molar-refractivity contribution is 6.45. The first-order valence-electron chi connectivity index (χ1n) is 7.66. The zero-order chi connectivity index (χ0) is 14.7. The Morgan fingerprint density at radius 2 is 1.79 bits per heavy atom. The monoisotopic (exact) mass is 251 g/mol. The Labute approximate surface area is 125 Å². The molecule has 1 nitrogen and oxygen atoms in total. The van der Waals surface area contributed by atoms with E-state index < -0.39 is 5.34 Å². The predicted octanol–water partition coefficient (Wildman–Crippen LogP) is 2.35. The molecule has 1 aliphatic rings. The highest BCUT2D eigenvalue weighted by atomic mass is 15.3. The molecule has 1 aliphatic heterocycles. The number of rotatable bonds is 7. The second kappa shape index (κ2) is 6.78. The fourth-order valence-corrected chi connectivity index (χ4v) is 3.13. The van der Waals surface area contributed by atoms with Crippen molar-refractivity contribution < 1.29 is 0 Å². The van der Waals surface area contributed by atoms with Crippen LogP contribution >= 0.6 is 0 Å². The molecule has 0 aromatic carbocycles. The molecular weight excluding hydrogens is 225 g/mol. The van der Waals surface area contributed by atoms with Crippen LogP contribution in [0.5, 0.6) is 0 Å². The lowest BCUT2D eigenvalue weighted by molar-refractivity contribution is 0.0870. The summed E-state index contributed by atoms with van der Waals surface area (Å²) in [7, 11) is 24.6. The molecule has 98 valence electrons. The molecule has 1 rings (SSSR count). The first kappa shape index (κ1) is 17.3. The van der Waals surface area contributed by atoms with Crippen molar-refractivity contribution in [3.8, 4) is 0 Å². The summed E-state index contributed by atoms with van der Waals surface area (Å²) in [4.78, 5) is 2.14. The molecule has 8 radical (unpaired) electrons. The molecule has 1 heterocycles. The summed E-state index contributed by atoms with van der Waals surface area (Å²) in [6.07, 6.45) is 7.11. The van der Waals surface area contributed by atoms with Crippen LogP contribution in [0.25, 0.3) is 0 Å². The van der Waals surface area contributed by atoms with E-state index in [2.05, 4.69) is 25.7 Å². The minimum Gasteiger partial charge on any atom is -0.310 e. The third-order valence-corrected chi connectivity index (χ3v) is 4.84. The van der Waals surface area contributed by atoms with Crippen LogP contribution in [0.4, 0.5) is 0 Å². The summed E-state index contributed by atoms with van der Waals surface area (Å²) in [6.45, 7) is 7.33. The summed E-state index contributed by atoms with van der Waals surface area (Å²) in [5, 5.41) is -0.991. The van der Waals surface area contributed by atoms with Crippen molar-refractivity contribution in [1.29, 1.82) is 0 Å². The van der Waals surface area contributed by atoms with Crippen LogP contribution in [-0.2, 0) is 0 Å². The molecule has 19 heavy (non-hydrogen) atoms. The predicted molar refractivity (Wildman–Crippen MR) is 87.4 cm³/mol. The standard InChI is InChI=1S/C14H25B4N/c1-4-6-7-8-9-13(3,5-2)19-10-11(15)12(16)14(19,17)18/h11-12H,4-10H2,1-3H3. The van der Waals surface area contributed by atoms with Crippen molar-refractivity contribution in [2.45, 2.75) is 81.8 Å². The van der Waals surface area contributed by atoms with Gasteiger partial charge in [0.1, 0.15) is 0 Å². The van der Waals surface area contributed by atoms with Gasteiger partial charge in [-0.2, -0.15) is 0 Å². The van der Waals surface area contributed by atoms with E-state index in [0.717, 1.165) is 12.8 Å². The van der Waals surface area contributed by atoms with Crippen molar-refractivity contribution in [1.82, 2.24) is 4.90 Å². The largest absolute Gasteiger partial charge is 0.310 e. The van der Waals surface area contributed by atoms with Crippen LogP contribution in [-0.4, -0.2) is 53.7 Å². The van der Waals surface area contributed by atoms with Gasteiger partial charge in [-0.05, 0) is 26.3 Å². The second-order valence-electron chi connectivity index (χ2n) is 6.35. The minimum absolute atomic E-state index is 0.0109. The summed E-state index contributed by atoms with van der Waals surface area (Å²) in [6, 6.07) is 0. The van der Waals surface area contributed by atoms with Crippen LogP contribution in [0.1, 0.15) is 59.3 Å². The topological polar surface area (TPSA) is 3.24 Å². The van der Waals surface area contributed by atoms with E-state index in [-0.39, 0.29) is 17.2 Å². The summed E-state index contributed by atoms with van der Waals surface area (Å²) < 4.78 is 0. The van der Waals surface area contributed by atoms with Crippen molar-refractivity contribution in [3.63, 3.8) is 0 Å². The van der Waals surface area contributed by atoms with Gasteiger partial charge in [0.25, 0.3) is 0 Å². The van der Waals surface area contributed by atoms with E-state index >= 15 is 0 Å². The quantitative estimate of drug-likeness (QED) is 0.495. The fourth-order valence-electron chi connectivity index (χ4n) is 3.13. The third-order valence-electron chi connectivity index (χ3n) is 4.84. The van der Waals surface area contributed by atoms with E-state index in [1.54, 1.807) is 0 Å². The summed E-state index contributed by atoms with van der Waals surface area (Å²) in [5.41, 5.74) is -0.0109. The lowest BCUT2D eigenvalue weighted by atomic mass is 9.46. The van der Waals surface area contributed by atoms with Gasteiger partial charge in [0, 0.05) is 5.54 Å². The van der Waals surface area contributed by atoms with Gasteiger partial charge in [-0.15, -0.1) is 0 Å². The van der Waals surface area contributed by atoms with Gasteiger partial charge in [-0.3, -0.25) is 0 Å². The zero-order valence-corrected chi connectivity index (χ0v) is 12.9. The molecule has 1 fully saturated rings. The zero-order valence-electron chi connectivity index (χ0n) is 12.9. The van der Waals surface area contributed by atoms with Crippen LogP contribution in [0, 0.1) is 0 Å². The summed E-state index contributed by atoms with van der Waals surface area (Å²) in [5.74, 6) is -0.509. The first-order chi connectivity index (χ1) is 8.79. The van der Waals surface area contributed by atoms with Gasteiger partial charge in [0.15, 0.2) is 0 Å². The van der Waals surface area contributed by atoms with Gasteiger partial charge in [0.2, 0.25) is 0 Å². The second-order valence-corrected chi connectivity index (χ2v) is 6.35. The number of unbranched alkanes of at least 4 members (excludes halogenated alkanes) is 3. The molecule has 0 amide bonds. The van der Waals surface area contributed by atoms with Gasteiger partial charge in [-0.25, -0.2) is 0 Å². The Balaban J connectivity index is 2.72. The highest BCUT2D eigenvalue weighted by Gasteiger charge is 2.47. The molecule has 0 aromatic rings. The molecule has 5 heteroatoms. The van der Waals surface area contributed by atoms with E-state index in [0.29, 0.717) is 6.54 Å². The molecule has 0 N–H and O–H groups in total. The van der Waals surface area contributed by atoms with E-state index in [4.69, 9.17) is 31.4 Å². The Hall–Kier alpha value is 0.220. The summed E-state index contributed by atoms with van der Waals surface area (Å²) >= 11 is 0. The smallest absolute Gasteiger partial charge is 0.0818 e. The minimum atomic E-state index is -0.991. The number of likely N-dealkylation sites (tertiary alicyclic amines) is 1. The van der Waals surface area contributed by atoms with Gasteiger partial charge in [-0.1, -0.05) is 56.5 Å². The van der Waals surface area contributed by atoms with Crippen LogP contribution in [0.2, 0.25) is 11.6 Å². The van der Waals surface area contributed by atoms with Gasteiger partial charge < -0.3 is 4.90 Å². The molecule has 0 aliphatic carbocycles. The van der Waals surface area contributed by atoms with Crippen LogP contribution in [0.3, 0.4) is 0 Å². The van der Waals surface area contributed by atoms with Crippen molar-refractivity contribution in [2.24, 2.45) is 0 Å². The molecule has 0 spiro atoms. The van der Waals surface area contributed by atoms with Crippen molar-refractivity contribution in [3.05, 3.63) is 0 Å². The molecule has 3 atom stereocenters. The number of nitrogens with zero attached hydrogens (tertiary/aromatic N) is 1. The Kier molecular flexibility index (Phi) is 6.17. The fraction of sp³-hybridized carbons (Fsp3) is 1.00. The lowest BCUT2D eigenvalue weighted by Crippen LogP contribution is -2.58. The van der Waals surface area contributed by atoms with Crippen LogP contribution in [0.15, 0.2) is 0 Å². The number of hydrogen-bond acceptors (Lipinski definition) is 1. The average molecular weight is 251 g/mol. The SMILES string of the molecule is [B]C1CN(C(C)(CC)CCCCCC)C([B])([B])C1[B]. The molecule has 0 saturated carbocycles. The van der Waals surface area contributed by atoms with Gasteiger partial charge >= 0.3 is 0 Å². The first-order valence-corrected chi connectivity index (χ1v) is 7.66. The van der Waals surface area contributed by atoms with E-state index in [1.165, 1.54) is 25.7 Å². The van der Waals surface area contributed by atoms with Crippen LogP contribution < -0.4 is 0 Å². The van der Waals surface area contributed by atoms with Crippen molar-refractivity contribution in [2.75, 3.05) is 6.54 Å². The molecule has 1 saturated heterocycles. The van der Waals surface area contributed by atoms with E-state index in [9.17, 15) is 0 Å². The van der Waals surface area contributed by atoms with Gasteiger partial charge in [0.05, 0.1) is 31.4 Å². The molecule has 3 unspecified atom stereocenters. The maximum absolute atomic E-state index is 6.25. The maximum atomic E-state index is 6.25. The number of hydrogen-bond donors (Lipinski definition) is 0. The molecule has 0 aromatic heterocycles. The highest BCUT2D eigenvalue weighted by Crippen LogP contribution is 2.45. The average Bonchev–Trinajstić information content (AvgIpc) is 2.58. The molecule has 0 bridgehead atoms. The lowest BCUT2D eigenvalue weighted by Gasteiger charge is -2.49. The maximum Gasteiger partial charge on any atom is 0.0818 e. The Morgan fingerprint density at radius 3 is 2.21 bits per heavy atom.